The molecule has 0 unspecified atom stereocenters. The molecule has 0 atom stereocenters. The molecule has 0 aliphatic heterocycles. The molecular weight excluding hydrogens is 390 g/mol. The largest absolute Gasteiger partial charge is 0.506 e. The minimum atomic E-state index is -0.605. The number of aromatic hydroxyl groups is 1. The number of nitro benzene ring substituents is 1. The summed E-state index contributed by atoms with van der Waals surface area (Å²) in [4.78, 5) is 22.0. The van der Waals surface area contributed by atoms with Gasteiger partial charge in [0.2, 0.25) is 0 Å². The Morgan fingerprint density at radius 2 is 2.13 bits per heavy atom. The number of halogens is 2. The van der Waals surface area contributed by atoms with Crippen molar-refractivity contribution in [3.8, 4) is 5.75 Å². The monoisotopic (exact) mass is 397 g/mol. The number of nitrogens with zero attached hydrogens (tertiary/aromatic N) is 2. The number of phenols is 1. The maximum atomic E-state index is 11.9. The van der Waals surface area contributed by atoms with Crippen LogP contribution < -0.4 is 5.43 Å². The molecule has 2 aromatic rings. The summed E-state index contributed by atoms with van der Waals surface area (Å²) in [5.74, 6) is -0.732. The second-order valence-electron chi connectivity index (χ2n) is 4.33. The Morgan fingerprint density at radius 1 is 1.39 bits per heavy atom. The van der Waals surface area contributed by atoms with Crippen molar-refractivity contribution in [1.82, 2.24) is 5.43 Å². The number of hydrogen-bond acceptors (Lipinski definition) is 5. The third-order valence-corrected chi connectivity index (χ3v) is 3.58. The smallest absolute Gasteiger partial charge is 0.271 e. The summed E-state index contributed by atoms with van der Waals surface area (Å²) < 4.78 is 0.148. The normalized spacial score (nSPS) is 10.7. The van der Waals surface area contributed by atoms with Crippen LogP contribution in [0.1, 0.15) is 15.9 Å². The number of nitro groups is 1. The molecule has 0 saturated carbocycles. The van der Waals surface area contributed by atoms with Gasteiger partial charge in [-0.25, -0.2) is 5.43 Å². The molecule has 0 fully saturated rings. The zero-order valence-corrected chi connectivity index (χ0v) is 13.7. The van der Waals surface area contributed by atoms with E-state index in [0.717, 1.165) is 18.3 Å². The number of benzene rings is 2. The number of nitrogens with one attached hydrogen (secondary N) is 1. The van der Waals surface area contributed by atoms with Crippen molar-refractivity contribution < 1.29 is 14.8 Å². The SMILES string of the molecule is O=C(N/N=C\c1cc([N+](=O)[O-])cc(Br)c1O)c1cccc(Cl)c1. The molecule has 0 bridgehead atoms. The zero-order chi connectivity index (χ0) is 17.0. The van der Waals surface area contributed by atoms with E-state index in [-0.39, 0.29) is 21.5 Å². The van der Waals surface area contributed by atoms with Crippen molar-refractivity contribution in [2.75, 3.05) is 0 Å². The molecule has 2 aromatic carbocycles. The first-order valence-corrected chi connectivity index (χ1v) is 7.31. The predicted octanol–water partition coefficient (Wildman–Crippen LogP) is 3.48. The van der Waals surface area contributed by atoms with Gasteiger partial charge in [-0.3, -0.25) is 14.9 Å². The van der Waals surface area contributed by atoms with E-state index in [9.17, 15) is 20.0 Å². The van der Waals surface area contributed by atoms with Crippen molar-refractivity contribution in [2.45, 2.75) is 0 Å². The van der Waals surface area contributed by atoms with Crippen LogP contribution in [0, 0.1) is 10.1 Å². The van der Waals surface area contributed by atoms with Crippen LogP contribution in [0.15, 0.2) is 46.0 Å². The average molecular weight is 399 g/mol. The van der Waals surface area contributed by atoms with E-state index in [4.69, 9.17) is 11.6 Å². The molecule has 2 N–H and O–H groups in total. The molecule has 7 nitrogen and oxygen atoms in total. The Morgan fingerprint density at radius 3 is 2.78 bits per heavy atom. The predicted molar refractivity (Wildman–Crippen MR) is 89.0 cm³/mol. The fourth-order valence-corrected chi connectivity index (χ4v) is 2.32. The summed E-state index contributed by atoms with van der Waals surface area (Å²) >= 11 is 8.80. The van der Waals surface area contributed by atoms with Gasteiger partial charge < -0.3 is 5.11 Å². The Labute approximate surface area is 143 Å². The quantitative estimate of drug-likeness (QED) is 0.467. The summed E-state index contributed by atoms with van der Waals surface area (Å²) in [7, 11) is 0. The number of hydrazone groups is 1. The number of rotatable bonds is 4. The highest BCUT2D eigenvalue weighted by Crippen LogP contribution is 2.31. The summed E-state index contributed by atoms with van der Waals surface area (Å²) in [5, 5.41) is 24.7. The van der Waals surface area contributed by atoms with Gasteiger partial charge >= 0.3 is 0 Å². The molecule has 1 amide bonds. The van der Waals surface area contributed by atoms with Crippen LogP contribution in [0.2, 0.25) is 5.02 Å². The van der Waals surface area contributed by atoms with Gasteiger partial charge in [0.15, 0.2) is 0 Å². The number of carbonyl (C=O) groups excluding carboxylic acids is 1. The number of carbonyl (C=O) groups is 1. The van der Waals surface area contributed by atoms with E-state index in [2.05, 4.69) is 26.5 Å². The second-order valence-corrected chi connectivity index (χ2v) is 5.62. The summed E-state index contributed by atoms with van der Waals surface area (Å²) in [5.41, 5.74) is 2.41. The van der Waals surface area contributed by atoms with Crippen LogP contribution in [-0.4, -0.2) is 22.2 Å². The minimum Gasteiger partial charge on any atom is -0.506 e. The zero-order valence-electron chi connectivity index (χ0n) is 11.4. The van der Waals surface area contributed by atoms with E-state index in [1.54, 1.807) is 18.2 Å². The first kappa shape index (κ1) is 16.9. The van der Waals surface area contributed by atoms with Gasteiger partial charge in [0.05, 0.1) is 15.6 Å². The van der Waals surface area contributed by atoms with Crippen LogP contribution in [0.25, 0.3) is 0 Å². The molecule has 0 heterocycles. The van der Waals surface area contributed by atoms with Crippen molar-refractivity contribution in [3.63, 3.8) is 0 Å². The first-order chi connectivity index (χ1) is 10.9. The third kappa shape index (κ3) is 4.27. The molecule has 118 valence electrons. The lowest BCUT2D eigenvalue weighted by atomic mass is 10.2. The molecule has 9 heteroatoms. The molecule has 2 rings (SSSR count). The molecule has 0 saturated heterocycles. The highest BCUT2D eigenvalue weighted by Gasteiger charge is 2.13. The molecule has 23 heavy (non-hydrogen) atoms. The fourth-order valence-electron chi connectivity index (χ4n) is 1.66. The summed E-state index contributed by atoms with van der Waals surface area (Å²) in [6.07, 6.45) is 1.11. The van der Waals surface area contributed by atoms with Crippen LogP contribution in [0.4, 0.5) is 5.69 Å². The lowest BCUT2D eigenvalue weighted by molar-refractivity contribution is -0.385. The van der Waals surface area contributed by atoms with E-state index >= 15 is 0 Å². The lowest BCUT2D eigenvalue weighted by Gasteiger charge is -2.03. The van der Waals surface area contributed by atoms with Gasteiger partial charge in [0.25, 0.3) is 11.6 Å². The molecule has 0 aliphatic carbocycles. The number of hydrogen-bond donors (Lipinski definition) is 2. The lowest BCUT2D eigenvalue weighted by Crippen LogP contribution is -2.17. The Kier molecular flexibility index (Phi) is 5.30. The molecule has 0 radical (unpaired) electrons. The van der Waals surface area contributed by atoms with Crippen LogP contribution in [0.5, 0.6) is 5.75 Å². The van der Waals surface area contributed by atoms with Crippen molar-refractivity contribution in [3.05, 3.63) is 67.1 Å². The Hall–Kier alpha value is -2.45. The van der Waals surface area contributed by atoms with Crippen molar-refractivity contribution in [2.24, 2.45) is 5.10 Å². The maximum Gasteiger partial charge on any atom is 0.271 e. The third-order valence-electron chi connectivity index (χ3n) is 2.75. The van der Waals surface area contributed by atoms with E-state index in [1.165, 1.54) is 6.07 Å². The van der Waals surface area contributed by atoms with E-state index in [0.29, 0.717) is 10.6 Å². The average Bonchev–Trinajstić information content (AvgIpc) is 2.50. The number of amides is 1. The summed E-state index contributed by atoms with van der Waals surface area (Å²) in [6, 6.07) is 8.56. The van der Waals surface area contributed by atoms with E-state index < -0.39 is 10.8 Å². The fraction of sp³-hybridized carbons (Fsp3) is 0. The van der Waals surface area contributed by atoms with Gasteiger partial charge in [-0.2, -0.15) is 5.10 Å². The van der Waals surface area contributed by atoms with Gasteiger partial charge in [0, 0.05) is 28.3 Å². The maximum absolute atomic E-state index is 11.9. The number of phenolic OH excluding ortho intramolecular Hbond substituents is 1. The van der Waals surface area contributed by atoms with Gasteiger partial charge in [-0.1, -0.05) is 17.7 Å². The van der Waals surface area contributed by atoms with Gasteiger partial charge in [-0.05, 0) is 34.1 Å². The van der Waals surface area contributed by atoms with Gasteiger partial charge in [-0.15, -0.1) is 0 Å². The van der Waals surface area contributed by atoms with Crippen LogP contribution >= 0.6 is 27.5 Å². The first-order valence-electron chi connectivity index (χ1n) is 6.14. The van der Waals surface area contributed by atoms with Gasteiger partial charge in [0.1, 0.15) is 5.75 Å². The molecule has 0 aliphatic rings. The highest BCUT2D eigenvalue weighted by atomic mass is 79.9. The van der Waals surface area contributed by atoms with E-state index in [1.807, 2.05) is 0 Å². The standard InChI is InChI=1S/C14H9BrClN3O4/c15-12-6-11(19(22)23)5-9(13(12)20)7-17-18-14(21)8-2-1-3-10(16)4-8/h1-7,20H,(H,18,21)/b17-7-. The molecular formula is C14H9BrClN3O4. The Balaban J connectivity index is 2.17. The van der Waals surface area contributed by atoms with Crippen LogP contribution in [0.3, 0.4) is 0 Å². The minimum absolute atomic E-state index is 0.0810. The topological polar surface area (TPSA) is 105 Å². The second kappa shape index (κ2) is 7.21. The Bertz CT molecular complexity index is 811. The van der Waals surface area contributed by atoms with Crippen molar-refractivity contribution in [1.29, 1.82) is 0 Å². The van der Waals surface area contributed by atoms with Crippen LogP contribution in [-0.2, 0) is 0 Å². The number of non-ortho nitro benzene ring substituents is 1. The molecule has 0 spiro atoms. The molecule has 0 aromatic heterocycles. The summed E-state index contributed by atoms with van der Waals surface area (Å²) in [6.45, 7) is 0. The highest BCUT2D eigenvalue weighted by molar-refractivity contribution is 9.10. The van der Waals surface area contributed by atoms with Crippen molar-refractivity contribution >= 4 is 45.3 Å².